The maximum absolute atomic E-state index is 12.0. The Morgan fingerprint density at radius 1 is 1.44 bits per heavy atom. The van der Waals surface area contributed by atoms with E-state index in [1.54, 1.807) is 0 Å². The number of rotatable bonds is 4. The topological polar surface area (TPSA) is 55.6 Å². The van der Waals surface area contributed by atoms with Crippen LogP contribution in [0.2, 0.25) is 0 Å². The molecule has 0 aromatic heterocycles. The van der Waals surface area contributed by atoms with Crippen molar-refractivity contribution < 1.29 is 9.53 Å². The number of nitrogens with zero attached hydrogens (tertiary/aromatic N) is 1. The van der Waals surface area contributed by atoms with E-state index >= 15 is 0 Å². The van der Waals surface area contributed by atoms with E-state index in [9.17, 15) is 4.79 Å². The molecule has 0 aliphatic carbocycles. The quantitative estimate of drug-likeness (QED) is 0.776. The Morgan fingerprint density at radius 2 is 2.00 bits per heavy atom. The van der Waals surface area contributed by atoms with E-state index in [-0.39, 0.29) is 12.5 Å². The molecular formula is C12H24N2O2. The van der Waals surface area contributed by atoms with Crippen LogP contribution in [0.5, 0.6) is 0 Å². The summed E-state index contributed by atoms with van der Waals surface area (Å²) in [6.07, 6.45) is 1.74. The van der Waals surface area contributed by atoms with Gasteiger partial charge >= 0.3 is 0 Å². The van der Waals surface area contributed by atoms with Gasteiger partial charge in [0.15, 0.2) is 0 Å². The molecule has 0 bridgehead atoms. The summed E-state index contributed by atoms with van der Waals surface area (Å²) in [5, 5.41) is 0. The van der Waals surface area contributed by atoms with E-state index in [0.717, 1.165) is 31.8 Å². The molecule has 0 aromatic carbocycles. The van der Waals surface area contributed by atoms with Crippen molar-refractivity contribution in [1.29, 1.82) is 0 Å². The van der Waals surface area contributed by atoms with Crippen LogP contribution in [0, 0.1) is 11.8 Å². The molecule has 1 aliphatic rings. The summed E-state index contributed by atoms with van der Waals surface area (Å²) in [6, 6.07) is 0. The first-order valence-corrected chi connectivity index (χ1v) is 6.11. The van der Waals surface area contributed by atoms with Gasteiger partial charge in [0.05, 0.1) is 0 Å². The third-order valence-electron chi connectivity index (χ3n) is 3.57. The molecule has 1 amide bonds. The molecule has 1 heterocycles. The van der Waals surface area contributed by atoms with E-state index in [1.807, 2.05) is 4.90 Å². The van der Waals surface area contributed by atoms with Gasteiger partial charge in [-0.05, 0) is 24.7 Å². The lowest BCUT2D eigenvalue weighted by Crippen LogP contribution is -2.47. The highest BCUT2D eigenvalue weighted by atomic mass is 16.5. The van der Waals surface area contributed by atoms with Gasteiger partial charge in [-0.3, -0.25) is 4.79 Å². The van der Waals surface area contributed by atoms with Crippen molar-refractivity contribution >= 4 is 5.91 Å². The van der Waals surface area contributed by atoms with Gasteiger partial charge < -0.3 is 15.4 Å². The van der Waals surface area contributed by atoms with Gasteiger partial charge in [0, 0.05) is 26.7 Å². The molecule has 2 N–H and O–H groups in total. The SMILES string of the molecule is COC(CN)C(=O)N1CCC(C(C)C)CC1. The maximum atomic E-state index is 12.0. The normalized spacial score (nSPS) is 20.2. The van der Waals surface area contributed by atoms with Gasteiger partial charge in [-0.25, -0.2) is 0 Å². The van der Waals surface area contributed by atoms with Crippen molar-refractivity contribution in [3.63, 3.8) is 0 Å². The van der Waals surface area contributed by atoms with Crippen LogP contribution in [0.4, 0.5) is 0 Å². The van der Waals surface area contributed by atoms with E-state index in [4.69, 9.17) is 10.5 Å². The summed E-state index contributed by atoms with van der Waals surface area (Å²) in [5.74, 6) is 1.51. The molecule has 1 saturated heterocycles. The summed E-state index contributed by atoms with van der Waals surface area (Å²) in [6.45, 7) is 6.46. The molecule has 0 radical (unpaired) electrons. The van der Waals surface area contributed by atoms with Crippen molar-refractivity contribution in [2.24, 2.45) is 17.6 Å². The predicted molar refractivity (Wildman–Crippen MR) is 64.0 cm³/mol. The minimum absolute atomic E-state index is 0.0483. The van der Waals surface area contributed by atoms with Gasteiger partial charge in [-0.1, -0.05) is 13.8 Å². The van der Waals surface area contributed by atoms with Gasteiger partial charge in [-0.15, -0.1) is 0 Å². The zero-order chi connectivity index (χ0) is 12.1. The number of hydrogen-bond donors (Lipinski definition) is 1. The summed E-state index contributed by atoms with van der Waals surface area (Å²) in [4.78, 5) is 13.8. The second-order valence-electron chi connectivity index (χ2n) is 4.87. The molecule has 94 valence electrons. The fraction of sp³-hybridized carbons (Fsp3) is 0.917. The number of methoxy groups -OCH3 is 1. The second kappa shape index (κ2) is 6.21. The highest BCUT2D eigenvalue weighted by molar-refractivity contribution is 5.81. The Hall–Kier alpha value is -0.610. The molecule has 0 saturated carbocycles. The molecule has 1 atom stereocenters. The molecule has 4 nitrogen and oxygen atoms in total. The molecule has 4 heteroatoms. The van der Waals surface area contributed by atoms with Crippen molar-refractivity contribution in [3.05, 3.63) is 0 Å². The molecule has 16 heavy (non-hydrogen) atoms. The number of nitrogens with two attached hydrogens (primary N) is 1. The lowest BCUT2D eigenvalue weighted by Gasteiger charge is -2.35. The fourth-order valence-electron chi connectivity index (χ4n) is 2.29. The first-order chi connectivity index (χ1) is 7.60. The molecule has 0 aromatic rings. The average Bonchev–Trinajstić information content (AvgIpc) is 2.30. The third kappa shape index (κ3) is 3.19. The number of carbonyl (C=O) groups is 1. The molecule has 1 rings (SSSR count). The Labute approximate surface area is 98.1 Å². The van der Waals surface area contributed by atoms with E-state index < -0.39 is 6.10 Å². The first-order valence-electron chi connectivity index (χ1n) is 6.11. The monoisotopic (exact) mass is 228 g/mol. The first kappa shape index (κ1) is 13.5. The zero-order valence-corrected chi connectivity index (χ0v) is 10.6. The lowest BCUT2D eigenvalue weighted by molar-refractivity contribution is -0.143. The van der Waals surface area contributed by atoms with E-state index in [1.165, 1.54) is 7.11 Å². The number of amides is 1. The van der Waals surface area contributed by atoms with Crippen LogP contribution in [-0.2, 0) is 9.53 Å². The van der Waals surface area contributed by atoms with E-state index in [2.05, 4.69) is 13.8 Å². The summed E-state index contributed by atoms with van der Waals surface area (Å²) in [7, 11) is 1.54. The van der Waals surface area contributed by atoms with Gasteiger partial charge in [0.25, 0.3) is 5.91 Å². The standard InChI is InChI=1S/C12H24N2O2/c1-9(2)10-4-6-14(7-5-10)12(15)11(8-13)16-3/h9-11H,4-8,13H2,1-3H3. The van der Waals surface area contributed by atoms with Gasteiger partial charge in [0.2, 0.25) is 0 Å². The predicted octanol–water partition coefficient (Wildman–Crippen LogP) is 0.855. The van der Waals surface area contributed by atoms with Crippen LogP contribution in [0.25, 0.3) is 0 Å². The van der Waals surface area contributed by atoms with Crippen LogP contribution in [0.1, 0.15) is 26.7 Å². The fourth-order valence-corrected chi connectivity index (χ4v) is 2.29. The van der Waals surface area contributed by atoms with Crippen molar-refractivity contribution in [2.75, 3.05) is 26.7 Å². The highest BCUT2D eigenvalue weighted by Crippen LogP contribution is 2.24. The third-order valence-corrected chi connectivity index (χ3v) is 3.57. The maximum Gasteiger partial charge on any atom is 0.253 e. The van der Waals surface area contributed by atoms with Crippen LogP contribution in [0.15, 0.2) is 0 Å². The summed E-state index contributed by atoms with van der Waals surface area (Å²) in [5.41, 5.74) is 5.49. The van der Waals surface area contributed by atoms with Gasteiger partial charge in [-0.2, -0.15) is 0 Å². The Bertz CT molecular complexity index is 219. The molecular weight excluding hydrogens is 204 g/mol. The largest absolute Gasteiger partial charge is 0.370 e. The average molecular weight is 228 g/mol. The van der Waals surface area contributed by atoms with Crippen LogP contribution in [0.3, 0.4) is 0 Å². The molecule has 1 unspecified atom stereocenters. The molecule has 0 spiro atoms. The smallest absolute Gasteiger partial charge is 0.253 e. The number of hydrogen-bond acceptors (Lipinski definition) is 3. The van der Waals surface area contributed by atoms with Crippen molar-refractivity contribution in [2.45, 2.75) is 32.8 Å². The summed E-state index contributed by atoms with van der Waals surface area (Å²) >= 11 is 0. The van der Waals surface area contributed by atoms with Gasteiger partial charge in [0.1, 0.15) is 6.10 Å². The molecule has 1 fully saturated rings. The zero-order valence-electron chi connectivity index (χ0n) is 10.6. The Kier molecular flexibility index (Phi) is 5.22. The van der Waals surface area contributed by atoms with Crippen LogP contribution >= 0.6 is 0 Å². The number of ether oxygens (including phenoxy) is 1. The minimum Gasteiger partial charge on any atom is -0.370 e. The van der Waals surface area contributed by atoms with Crippen molar-refractivity contribution in [1.82, 2.24) is 4.90 Å². The second-order valence-corrected chi connectivity index (χ2v) is 4.87. The number of piperidine rings is 1. The van der Waals surface area contributed by atoms with Crippen LogP contribution < -0.4 is 5.73 Å². The Morgan fingerprint density at radius 3 is 2.38 bits per heavy atom. The Balaban J connectivity index is 2.44. The van der Waals surface area contributed by atoms with Crippen LogP contribution in [-0.4, -0.2) is 43.7 Å². The molecule has 1 aliphatic heterocycles. The van der Waals surface area contributed by atoms with Crippen molar-refractivity contribution in [3.8, 4) is 0 Å². The number of likely N-dealkylation sites (tertiary alicyclic amines) is 1. The highest BCUT2D eigenvalue weighted by Gasteiger charge is 2.28. The summed E-state index contributed by atoms with van der Waals surface area (Å²) < 4.78 is 5.07. The number of carbonyl (C=O) groups excluding carboxylic acids is 1. The van der Waals surface area contributed by atoms with E-state index in [0.29, 0.717) is 5.92 Å². The lowest BCUT2D eigenvalue weighted by atomic mass is 9.86. The minimum atomic E-state index is -0.462.